The molecule has 1 aliphatic rings. The van der Waals surface area contributed by atoms with Crippen molar-refractivity contribution in [3.05, 3.63) is 35.5 Å². The average molecular weight is 290 g/mol. The Bertz CT molecular complexity index is 659. The molecule has 2 aromatic rings. The van der Waals surface area contributed by atoms with E-state index in [4.69, 9.17) is 11.6 Å². The number of carbonyl (C=O) groups excluding carboxylic acids is 1. The van der Waals surface area contributed by atoms with E-state index in [0.29, 0.717) is 16.6 Å². The summed E-state index contributed by atoms with van der Waals surface area (Å²) in [5.41, 5.74) is 1.43. The van der Waals surface area contributed by atoms with Gasteiger partial charge in [-0.15, -0.1) is 0 Å². The molecule has 20 heavy (non-hydrogen) atoms. The Morgan fingerprint density at radius 1 is 1.50 bits per heavy atom. The molecule has 1 aliphatic heterocycles. The number of hydrogen-bond acceptors (Lipinski definition) is 3. The van der Waals surface area contributed by atoms with Crippen molar-refractivity contribution in [2.75, 3.05) is 11.9 Å². The number of nitrogens with one attached hydrogen (secondary N) is 2. The predicted octanol–water partition coefficient (Wildman–Crippen LogP) is 2.82. The number of benzene rings is 1. The summed E-state index contributed by atoms with van der Waals surface area (Å²) in [6, 6.07) is 7.23. The number of carbonyl (C=O) groups is 1. The maximum Gasteiger partial charge on any atom is 0.241 e. The molecule has 0 spiro atoms. The highest BCUT2D eigenvalue weighted by atomic mass is 35.5. The van der Waals surface area contributed by atoms with Gasteiger partial charge in [0.05, 0.1) is 17.2 Å². The van der Waals surface area contributed by atoms with Gasteiger partial charge < -0.3 is 10.6 Å². The number of amides is 1. The van der Waals surface area contributed by atoms with Gasteiger partial charge in [-0.3, -0.25) is 9.78 Å². The minimum absolute atomic E-state index is 0.0239. The molecular formula is C15H16ClN3O. The topological polar surface area (TPSA) is 54.0 Å². The van der Waals surface area contributed by atoms with Gasteiger partial charge in [0.1, 0.15) is 0 Å². The van der Waals surface area contributed by atoms with Crippen molar-refractivity contribution < 1.29 is 4.79 Å². The molecule has 0 bridgehead atoms. The van der Waals surface area contributed by atoms with Crippen molar-refractivity contribution in [3.63, 3.8) is 0 Å². The molecule has 104 valence electrons. The van der Waals surface area contributed by atoms with E-state index in [1.165, 1.54) is 0 Å². The predicted molar refractivity (Wildman–Crippen MR) is 81.0 cm³/mol. The molecule has 0 radical (unpaired) electrons. The van der Waals surface area contributed by atoms with E-state index in [9.17, 15) is 4.79 Å². The third-order valence-corrected chi connectivity index (χ3v) is 3.96. The molecule has 1 fully saturated rings. The molecule has 2 atom stereocenters. The summed E-state index contributed by atoms with van der Waals surface area (Å²) in [7, 11) is 0. The second-order valence-corrected chi connectivity index (χ2v) is 5.65. The fourth-order valence-electron chi connectivity index (χ4n) is 2.65. The molecule has 1 aromatic heterocycles. The van der Waals surface area contributed by atoms with Crippen molar-refractivity contribution in [1.29, 1.82) is 0 Å². The molecule has 3 rings (SSSR count). The standard InChI is InChI=1S/C15H16ClN3O/c1-9-4-6-18-13(9)15(20)19-12-8-11(16)7-10-3-2-5-17-14(10)12/h2-3,5,7-9,13,18H,4,6H2,1H3,(H,19,20). The Morgan fingerprint density at radius 3 is 3.10 bits per heavy atom. The number of pyridine rings is 1. The molecule has 1 saturated heterocycles. The first-order valence-corrected chi connectivity index (χ1v) is 7.11. The number of halogens is 1. The second kappa shape index (κ2) is 5.38. The summed E-state index contributed by atoms with van der Waals surface area (Å²) < 4.78 is 0. The molecular weight excluding hydrogens is 274 g/mol. The van der Waals surface area contributed by atoms with Crippen LogP contribution in [0.1, 0.15) is 13.3 Å². The minimum Gasteiger partial charge on any atom is -0.323 e. The second-order valence-electron chi connectivity index (χ2n) is 5.22. The van der Waals surface area contributed by atoms with E-state index in [1.54, 1.807) is 12.3 Å². The zero-order valence-electron chi connectivity index (χ0n) is 11.2. The Labute approximate surface area is 122 Å². The van der Waals surface area contributed by atoms with Crippen LogP contribution in [-0.4, -0.2) is 23.5 Å². The lowest BCUT2D eigenvalue weighted by atomic mass is 10.0. The summed E-state index contributed by atoms with van der Waals surface area (Å²) in [5, 5.41) is 7.68. The van der Waals surface area contributed by atoms with Gasteiger partial charge in [0.2, 0.25) is 5.91 Å². The van der Waals surface area contributed by atoms with E-state index in [0.717, 1.165) is 23.9 Å². The number of rotatable bonds is 2. The number of anilines is 1. The molecule has 4 nitrogen and oxygen atoms in total. The Morgan fingerprint density at radius 2 is 2.35 bits per heavy atom. The third kappa shape index (κ3) is 2.49. The zero-order chi connectivity index (χ0) is 14.1. The van der Waals surface area contributed by atoms with Crippen LogP contribution >= 0.6 is 11.6 Å². The van der Waals surface area contributed by atoms with Crippen LogP contribution in [0.25, 0.3) is 10.9 Å². The highest BCUT2D eigenvalue weighted by Crippen LogP contribution is 2.27. The maximum atomic E-state index is 12.3. The van der Waals surface area contributed by atoms with Crippen molar-refractivity contribution in [2.45, 2.75) is 19.4 Å². The van der Waals surface area contributed by atoms with Crippen LogP contribution in [-0.2, 0) is 4.79 Å². The normalized spacial score (nSPS) is 22.1. The molecule has 2 N–H and O–H groups in total. The largest absolute Gasteiger partial charge is 0.323 e. The summed E-state index contributed by atoms with van der Waals surface area (Å²) in [5.74, 6) is 0.317. The fraction of sp³-hybridized carbons (Fsp3) is 0.333. The van der Waals surface area contributed by atoms with Gasteiger partial charge >= 0.3 is 0 Å². The van der Waals surface area contributed by atoms with Gasteiger partial charge in [-0.25, -0.2) is 0 Å². The Balaban J connectivity index is 1.92. The SMILES string of the molecule is CC1CCNC1C(=O)Nc1cc(Cl)cc2cccnc12. The fourth-order valence-corrected chi connectivity index (χ4v) is 2.87. The van der Waals surface area contributed by atoms with Crippen molar-refractivity contribution in [1.82, 2.24) is 10.3 Å². The van der Waals surface area contributed by atoms with E-state index in [1.807, 2.05) is 18.2 Å². The smallest absolute Gasteiger partial charge is 0.241 e. The number of nitrogens with zero attached hydrogens (tertiary/aromatic N) is 1. The van der Waals surface area contributed by atoms with Gasteiger partial charge in [0, 0.05) is 16.6 Å². The molecule has 0 aliphatic carbocycles. The van der Waals surface area contributed by atoms with Crippen LogP contribution in [0, 0.1) is 5.92 Å². The average Bonchev–Trinajstić information content (AvgIpc) is 2.85. The summed E-state index contributed by atoms with van der Waals surface area (Å²) in [6.45, 7) is 2.96. The Kier molecular flexibility index (Phi) is 3.59. The van der Waals surface area contributed by atoms with Crippen LogP contribution in [0.3, 0.4) is 0 Å². The number of fused-ring (bicyclic) bond motifs is 1. The van der Waals surface area contributed by atoms with E-state index in [-0.39, 0.29) is 11.9 Å². The van der Waals surface area contributed by atoms with Crippen LogP contribution in [0.5, 0.6) is 0 Å². The van der Waals surface area contributed by atoms with Gasteiger partial charge in [-0.1, -0.05) is 24.6 Å². The van der Waals surface area contributed by atoms with E-state index in [2.05, 4.69) is 22.5 Å². The lowest BCUT2D eigenvalue weighted by Gasteiger charge is -2.16. The van der Waals surface area contributed by atoms with Crippen LogP contribution in [0.4, 0.5) is 5.69 Å². The highest BCUT2D eigenvalue weighted by molar-refractivity contribution is 6.32. The van der Waals surface area contributed by atoms with Crippen molar-refractivity contribution in [3.8, 4) is 0 Å². The lowest BCUT2D eigenvalue weighted by molar-refractivity contribution is -0.118. The van der Waals surface area contributed by atoms with Crippen molar-refractivity contribution in [2.24, 2.45) is 5.92 Å². The van der Waals surface area contributed by atoms with E-state index >= 15 is 0 Å². The Hall–Kier alpha value is -1.65. The molecule has 1 amide bonds. The van der Waals surface area contributed by atoms with Crippen LogP contribution < -0.4 is 10.6 Å². The molecule has 1 aromatic carbocycles. The van der Waals surface area contributed by atoms with Gasteiger partial charge in [-0.2, -0.15) is 0 Å². The summed E-state index contributed by atoms with van der Waals surface area (Å²) >= 11 is 6.10. The van der Waals surface area contributed by atoms with Crippen LogP contribution in [0.2, 0.25) is 5.02 Å². The first-order chi connectivity index (χ1) is 9.65. The molecule has 2 unspecified atom stereocenters. The van der Waals surface area contributed by atoms with E-state index < -0.39 is 0 Å². The van der Waals surface area contributed by atoms with Crippen molar-refractivity contribution >= 4 is 34.1 Å². The number of aromatic nitrogens is 1. The molecule has 5 heteroatoms. The molecule has 0 saturated carbocycles. The lowest BCUT2D eigenvalue weighted by Crippen LogP contribution is -2.39. The van der Waals surface area contributed by atoms with Gasteiger partial charge in [-0.05, 0) is 37.1 Å². The quantitative estimate of drug-likeness (QED) is 0.894. The first-order valence-electron chi connectivity index (χ1n) is 6.73. The van der Waals surface area contributed by atoms with Gasteiger partial charge in [0.15, 0.2) is 0 Å². The third-order valence-electron chi connectivity index (χ3n) is 3.74. The monoisotopic (exact) mass is 289 g/mol. The minimum atomic E-state index is -0.146. The highest BCUT2D eigenvalue weighted by Gasteiger charge is 2.29. The summed E-state index contributed by atoms with van der Waals surface area (Å²) in [4.78, 5) is 16.7. The van der Waals surface area contributed by atoms with Gasteiger partial charge in [0.25, 0.3) is 0 Å². The summed E-state index contributed by atoms with van der Waals surface area (Å²) in [6.07, 6.45) is 2.73. The molecule has 2 heterocycles. The maximum absolute atomic E-state index is 12.3. The number of hydrogen-bond donors (Lipinski definition) is 2. The van der Waals surface area contributed by atoms with Crippen LogP contribution in [0.15, 0.2) is 30.5 Å². The first kappa shape index (κ1) is 13.3. The zero-order valence-corrected chi connectivity index (χ0v) is 11.9.